The molecule has 0 saturated carbocycles. The molecule has 6 nitrogen and oxygen atoms in total. The molecular weight excluding hydrogens is 432 g/mol. The smallest absolute Gasteiger partial charge is 0.239 e. The highest BCUT2D eigenvalue weighted by Gasteiger charge is 2.15. The number of nitrogens with one attached hydrogen (secondary N) is 2. The van der Waals surface area contributed by atoms with E-state index in [2.05, 4.69) is 33.5 Å². The molecule has 0 fully saturated rings. The molecule has 3 aromatic heterocycles. The van der Waals surface area contributed by atoms with Crippen molar-refractivity contribution in [1.82, 2.24) is 19.9 Å². The Balaban J connectivity index is 1.36. The molecule has 0 saturated heterocycles. The Morgan fingerprint density at radius 1 is 1.12 bits per heavy atom. The molecule has 0 atom stereocenters. The number of hydrogen-bond acceptors (Lipinski definition) is 4. The van der Waals surface area contributed by atoms with E-state index in [0.29, 0.717) is 6.54 Å². The van der Waals surface area contributed by atoms with Gasteiger partial charge in [-0.3, -0.25) is 4.79 Å². The van der Waals surface area contributed by atoms with Gasteiger partial charge in [0.1, 0.15) is 17.9 Å². The van der Waals surface area contributed by atoms with Crippen molar-refractivity contribution in [3.05, 3.63) is 79.1 Å². The SMILES string of the molecule is COc1ccc2c(c1)c(-c1cc3cccnc3[nH]1)cn2CC(=O)NCCSc1ccccc1. The summed E-state index contributed by atoms with van der Waals surface area (Å²) in [5.41, 5.74) is 3.78. The first kappa shape index (κ1) is 21.2. The summed E-state index contributed by atoms with van der Waals surface area (Å²) in [6, 6.07) is 22.2. The minimum Gasteiger partial charge on any atom is -0.497 e. The lowest BCUT2D eigenvalue weighted by Crippen LogP contribution is -2.29. The number of hydrogen-bond donors (Lipinski definition) is 2. The van der Waals surface area contributed by atoms with Crippen LogP contribution in [-0.4, -0.2) is 39.8 Å². The lowest BCUT2D eigenvalue weighted by Gasteiger charge is -2.08. The summed E-state index contributed by atoms with van der Waals surface area (Å²) in [4.78, 5) is 21.7. The number of nitrogens with zero attached hydrogens (tertiary/aromatic N) is 2. The number of benzene rings is 2. The number of amides is 1. The van der Waals surface area contributed by atoms with E-state index in [4.69, 9.17) is 4.74 Å². The molecule has 7 heteroatoms. The van der Waals surface area contributed by atoms with Gasteiger partial charge in [0, 0.05) is 57.1 Å². The van der Waals surface area contributed by atoms with Crippen molar-refractivity contribution < 1.29 is 9.53 Å². The molecule has 0 aliphatic heterocycles. The summed E-state index contributed by atoms with van der Waals surface area (Å²) in [5, 5.41) is 5.10. The maximum atomic E-state index is 12.7. The Labute approximate surface area is 196 Å². The van der Waals surface area contributed by atoms with Gasteiger partial charge in [0.15, 0.2) is 0 Å². The van der Waals surface area contributed by atoms with Gasteiger partial charge in [-0.05, 0) is 48.5 Å². The summed E-state index contributed by atoms with van der Waals surface area (Å²) in [5.74, 6) is 1.59. The van der Waals surface area contributed by atoms with E-state index in [1.807, 2.05) is 59.3 Å². The second-order valence-electron chi connectivity index (χ2n) is 7.69. The summed E-state index contributed by atoms with van der Waals surface area (Å²) in [6.45, 7) is 0.864. The number of carbonyl (C=O) groups excluding carboxylic acids is 1. The van der Waals surface area contributed by atoms with E-state index in [-0.39, 0.29) is 12.5 Å². The molecule has 0 radical (unpaired) electrons. The zero-order valence-corrected chi connectivity index (χ0v) is 19.1. The fourth-order valence-electron chi connectivity index (χ4n) is 3.94. The molecule has 1 amide bonds. The molecule has 0 aliphatic carbocycles. The minimum atomic E-state index is -0.0127. The van der Waals surface area contributed by atoms with E-state index in [9.17, 15) is 4.79 Å². The normalized spacial score (nSPS) is 11.2. The van der Waals surface area contributed by atoms with E-state index < -0.39 is 0 Å². The Morgan fingerprint density at radius 2 is 2.00 bits per heavy atom. The Kier molecular flexibility index (Phi) is 6.04. The zero-order valence-electron chi connectivity index (χ0n) is 18.2. The van der Waals surface area contributed by atoms with Gasteiger partial charge >= 0.3 is 0 Å². The molecule has 3 heterocycles. The van der Waals surface area contributed by atoms with Gasteiger partial charge in [-0.2, -0.15) is 0 Å². The van der Waals surface area contributed by atoms with Crippen molar-refractivity contribution in [2.45, 2.75) is 11.4 Å². The topological polar surface area (TPSA) is 71.9 Å². The molecular formula is C26H24N4O2S. The fraction of sp³-hybridized carbons (Fsp3) is 0.154. The van der Waals surface area contributed by atoms with E-state index in [1.165, 1.54) is 4.90 Å². The largest absolute Gasteiger partial charge is 0.497 e. The summed E-state index contributed by atoms with van der Waals surface area (Å²) < 4.78 is 7.44. The molecule has 2 N–H and O–H groups in total. The van der Waals surface area contributed by atoms with Crippen LogP contribution in [0.2, 0.25) is 0 Å². The highest BCUT2D eigenvalue weighted by Crippen LogP contribution is 2.34. The van der Waals surface area contributed by atoms with Crippen LogP contribution >= 0.6 is 11.8 Å². The Morgan fingerprint density at radius 3 is 2.82 bits per heavy atom. The molecule has 5 aromatic rings. The van der Waals surface area contributed by atoms with Gasteiger partial charge in [-0.15, -0.1) is 11.8 Å². The highest BCUT2D eigenvalue weighted by atomic mass is 32.2. The first-order valence-electron chi connectivity index (χ1n) is 10.8. The second kappa shape index (κ2) is 9.42. The van der Waals surface area contributed by atoms with Crippen LogP contribution in [0.3, 0.4) is 0 Å². The molecule has 0 bridgehead atoms. The molecule has 2 aromatic carbocycles. The number of rotatable bonds is 8. The number of methoxy groups -OCH3 is 1. The first-order valence-corrected chi connectivity index (χ1v) is 11.8. The van der Waals surface area contributed by atoms with Crippen molar-refractivity contribution in [3.63, 3.8) is 0 Å². The van der Waals surface area contributed by atoms with Gasteiger partial charge in [-0.25, -0.2) is 4.98 Å². The number of H-pyrrole nitrogens is 1. The van der Waals surface area contributed by atoms with E-state index >= 15 is 0 Å². The molecule has 5 rings (SSSR count). The number of pyridine rings is 1. The number of ether oxygens (including phenoxy) is 1. The predicted molar refractivity (Wildman–Crippen MR) is 134 cm³/mol. The molecule has 33 heavy (non-hydrogen) atoms. The quantitative estimate of drug-likeness (QED) is 0.252. The van der Waals surface area contributed by atoms with Crippen molar-refractivity contribution in [2.24, 2.45) is 0 Å². The number of aromatic nitrogens is 3. The van der Waals surface area contributed by atoms with Crippen LogP contribution in [0.4, 0.5) is 0 Å². The minimum absolute atomic E-state index is 0.0127. The molecule has 0 unspecified atom stereocenters. The van der Waals surface area contributed by atoms with Crippen molar-refractivity contribution >= 4 is 39.6 Å². The lowest BCUT2D eigenvalue weighted by atomic mass is 10.1. The van der Waals surface area contributed by atoms with Gasteiger partial charge in [0.05, 0.1) is 7.11 Å². The molecule has 166 valence electrons. The monoisotopic (exact) mass is 456 g/mol. The van der Waals surface area contributed by atoms with Crippen LogP contribution in [0, 0.1) is 0 Å². The third kappa shape index (κ3) is 4.59. The Hall–Kier alpha value is -3.71. The third-order valence-corrected chi connectivity index (χ3v) is 6.53. The van der Waals surface area contributed by atoms with Crippen molar-refractivity contribution in [2.75, 3.05) is 19.4 Å². The highest BCUT2D eigenvalue weighted by molar-refractivity contribution is 7.99. The summed E-state index contributed by atoms with van der Waals surface area (Å²) in [6.07, 6.45) is 3.79. The Bertz CT molecular complexity index is 1380. The molecule has 0 spiro atoms. The van der Waals surface area contributed by atoms with Crippen LogP contribution in [0.5, 0.6) is 5.75 Å². The number of carbonyl (C=O) groups is 1. The predicted octanol–water partition coefficient (Wildman–Crippen LogP) is 5.10. The molecule has 0 aliphatic rings. The lowest BCUT2D eigenvalue weighted by molar-refractivity contribution is -0.121. The average molecular weight is 457 g/mol. The van der Waals surface area contributed by atoms with Crippen LogP contribution < -0.4 is 10.1 Å². The standard InChI is InChI=1S/C26H24N4O2S/c1-32-19-9-10-24-21(15-19)22(23-14-18-6-5-11-28-26(18)29-23)16-30(24)17-25(31)27-12-13-33-20-7-3-2-4-8-20/h2-11,14-16H,12-13,17H2,1H3,(H,27,31)(H,28,29). The number of fused-ring (bicyclic) bond motifs is 2. The van der Waals surface area contributed by atoms with Crippen molar-refractivity contribution in [1.29, 1.82) is 0 Å². The van der Waals surface area contributed by atoms with E-state index in [0.717, 1.165) is 44.7 Å². The van der Waals surface area contributed by atoms with Gasteiger partial charge < -0.3 is 19.6 Å². The summed E-state index contributed by atoms with van der Waals surface area (Å²) in [7, 11) is 1.66. The van der Waals surface area contributed by atoms with Gasteiger partial charge in [0.25, 0.3) is 0 Å². The van der Waals surface area contributed by atoms with Crippen LogP contribution in [0.25, 0.3) is 33.2 Å². The average Bonchev–Trinajstić information content (AvgIpc) is 3.43. The zero-order chi connectivity index (χ0) is 22.6. The van der Waals surface area contributed by atoms with Gasteiger partial charge in [0.2, 0.25) is 5.91 Å². The van der Waals surface area contributed by atoms with Crippen LogP contribution in [0.1, 0.15) is 0 Å². The van der Waals surface area contributed by atoms with Gasteiger partial charge in [-0.1, -0.05) is 18.2 Å². The maximum absolute atomic E-state index is 12.7. The maximum Gasteiger partial charge on any atom is 0.239 e. The van der Waals surface area contributed by atoms with Crippen molar-refractivity contribution in [3.8, 4) is 17.0 Å². The summed E-state index contributed by atoms with van der Waals surface area (Å²) >= 11 is 1.73. The fourth-order valence-corrected chi connectivity index (χ4v) is 4.73. The van der Waals surface area contributed by atoms with Crippen LogP contribution in [-0.2, 0) is 11.3 Å². The number of thioether (sulfide) groups is 1. The number of aromatic amines is 1. The second-order valence-corrected chi connectivity index (χ2v) is 8.86. The first-order chi connectivity index (χ1) is 16.2. The van der Waals surface area contributed by atoms with E-state index in [1.54, 1.807) is 25.1 Å². The third-order valence-electron chi connectivity index (χ3n) is 5.52. The van der Waals surface area contributed by atoms with Crippen LogP contribution in [0.15, 0.2) is 84.0 Å².